The second-order valence-corrected chi connectivity index (χ2v) is 5.88. The Morgan fingerprint density at radius 2 is 1.84 bits per heavy atom. The third-order valence-electron chi connectivity index (χ3n) is 3.80. The number of hydrogen-bond donors (Lipinski definition) is 1. The van der Waals surface area contributed by atoms with Gasteiger partial charge in [-0.3, -0.25) is 4.68 Å². The Bertz CT molecular complexity index is 542. The lowest BCUT2D eigenvalue weighted by Crippen LogP contribution is -2.37. The van der Waals surface area contributed by atoms with Gasteiger partial charge in [0.15, 0.2) is 0 Å². The largest absolute Gasteiger partial charge is 0.312 e. The maximum Gasteiger partial charge on any atom is 0.0706 e. The Hall–Kier alpha value is -1.35. The molecule has 0 fully saturated rings. The van der Waals surface area contributed by atoms with E-state index in [4.69, 9.17) is 0 Å². The second kappa shape index (κ2) is 5.74. The van der Waals surface area contributed by atoms with Crippen molar-refractivity contribution in [2.24, 2.45) is 13.0 Å². The summed E-state index contributed by atoms with van der Waals surface area (Å²) in [5.41, 5.74) is 2.43. The topological polar surface area (TPSA) is 29.9 Å². The smallest absolute Gasteiger partial charge is 0.0706 e. The van der Waals surface area contributed by atoms with Crippen LogP contribution in [-0.4, -0.2) is 21.9 Å². The zero-order chi connectivity index (χ0) is 14.0. The van der Waals surface area contributed by atoms with Gasteiger partial charge in [-0.25, -0.2) is 0 Å². The van der Waals surface area contributed by atoms with Gasteiger partial charge in [-0.1, -0.05) is 39.0 Å². The van der Waals surface area contributed by atoms with Gasteiger partial charge in [-0.15, -0.1) is 0 Å². The molecule has 2 aromatic rings. The molecule has 2 unspecified atom stereocenters. The SMILES string of the molecule is CC(C)NC(C)C(C)Cc1nn(C)c2ccccc12. The van der Waals surface area contributed by atoms with E-state index in [0.29, 0.717) is 18.0 Å². The second-order valence-electron chi connectivity index (χ2n) is 5.88. The Kier molecular flexibility index (Phi) is 4.25. The Labute approximate surface area is 116 Å². The van der Waals surface area contributed by atoms with Gasteiger partial charge in [0.05, 0.1) is 11.2 Å². The first kappa shape index (κ1) is 14.1. The Morgan fingerprint density at radius 1 is 1.16 bits per heavy atom. The number of benzene rings is 1. The first-order chi connectivity index (χ1) is 8.99. The highest BCUT2D eigenvalue weighted by Gasteiger charge is 2.17. The van der Waals surface area contributed by atoms with Crippen molar-refractivity contribution < 1.29 is 0 Å². The van der Waals surface area contributed by atoms with Crippen LogP contribution in [0.5, 0.6) is 0 Å². The maximum atomic E-state index is 4.68. The molecule has 2 rings (SSSR count). The minimum absolute atomic E-state index is 0.501. The number of nitrogens with one attached hydrogen (secondary N) is 1. The van der Waals surface area contributed by atoms with Crippen molar-refractivity contribution in [1.29, 1.82) is 0 Å². The van der Waals surface area contributed by atoms with Crippen molar-refractivity contribution in [2.45, 2.75) is 46.2 Å². The first-order valence-corrected chi connectivity index (χ1v) is 7.15. The molecule has 1 aromatic carbocycles. The fraction of sp³-hybridized carbons (Fsp3) is 0.562. The van der Waals surface area contributed by atoms with Crippen LogP contribution in [0, 0.1) is 5.92 Å². The molecule has 0 aliphatic rings. The number of para-hydroxylation sites is 1. The van der Waals surface area contributed by atoms with E-state index in [1.807, 2.05) is 11.7 Å². The molecule has 0 aliphatic heterocycles. The normalized spacial score (nSPS) is 15.1. The van der Waals surface area contributed by atoms with E-state index in [1.165, 1.54) is 16.6 Å². The average Bonchev–Trinajstić information content (AvgIpc) is 2.66. The molecule has 3 heteroatoms. The van der Waals surface area contributed by atoms with Crippen molar-refractivity contribution in [3.8, 4) is 0 Å². The molecule has 0 saturated carbocycles. The molecule has 1 aromatic heterocycles. The summed E-state index contributed by atoms with van der Waals surface area (Å²) in [6.45, 7) is 8.94. The molecular formula is C16H25N3. The molecule has 1 heterocycles. The van der Waals surface area contributed by atoms with Gasteiger partial charge in [0.1, 0.15) is 0 Å². The van der Waals surface area contributed by atoms with Gasteiger partial charge in [-0.05, 0) is 25.3 Å². The lowest BCUT2D eigenvalue weighted by molar-refractivity contribution is 0.370. The number of hydrogen-bond acceptors (Lipinski definition) is 2. The van der Waals surface area contributed by atoms with Gasteiger partial charge >= 0.3 is 0 Å². The molecule has 2 atom stereocenters. The van der Waals surface area contributed by atoms with Crippen LogP contribution in [0.1, 0.15) is 33.4 Å². The van der Waals surface area contributed by atoms with Gasteiger partial charge in [-0.2, -0.15) is 5.10 Å². The molecule has 1 N–H and O–H groups in total. The fourth-order valence-electron chi connectivity index (χ4n) is 2.61. The van der Waals surface area contributed by atoms with Crippen LogP contribution >= 0.6 is 0 Å². The van der Waals surface area contributed by atoms with Crippen molar-refractivity contribution in [3.63, 3.8) is 0 Å². The lowest BCUT2D eigenvalue weighted by Gasteiger charge is -2.23. The van der Waals surface area contributed by atoms with E-state index in [1.54, 1.807) is 0 Å². The fourth-order valence-corrected chi connectivity index (χ4v) is 2.61. The standard InChI is InChI=1S/C16H25N3/c1-11(2)17-13(4)12(3)10-15-14-8-6-7-9-16(14)19(5)18-15/h6-9,11-13,17H,10H2,1-5H3. The van der Waals surface area contributed by atoms with Gasteiger partial charge in [0, 0.05) is 24.5 Å². The number of fused-ring (bicyclic) bond motifs is 1. The van der Waals surface area contributed by atoms with Crippen LogP contribution in [0.25, 0.3) is 10.9 Å². The van der Waals surface area contributed by atoms with E-state index in [2.05, 4.69) is 62.4 Å². The van der Waals surface area contributed by atoms with Gasteiger partial charge in [0.2, 0.25) is 0 Å². The highest BCUT2D eigenvalue weighted by atomic mass is 15.3. The predicted octanol–water partition coefficient (Wildman–Crippen LogP) is 3.14. The van der Waals surface area contributed by atoms with Crippen molar-refractivity contribution in [2.75, 3.05) is 0 Å². The summed E-state index contributed by atoms with van der Waals surface area (Å²) >= 11 is 0. The number of aromatic nitrogens is 2. The number of nitrogens with zero attached hydrogens (tertiary/aromatic N) is 2. The van der Waals surface area contributed by atoms with E-state index in [9.17, 15) is 0 Å². The van der Waals surface area contributed by atoms with Crippen LogP contribution in [0.2, 0.25) is 0 Å². The molecule has 0 saturated heterocycles. The van der Waals surface area contributed by atoms with Gasteiger partial charge in [0.25, 0.3) is 0 Å². The van der Waals surface area contributed by atoms with Crippen molar-refractivity contribution in [1.82, 2.24) is 15.1 Å². The number of rotatable bonds is 5. The zero-order valence-corrected chi connectivity index (χ0v) is 12.6. The van der Waals surface area contributed by atoms with E-state index in [0.717, 1.165) is 6.42 Å². The van der Waals surface area contributed by atoms with Gasteiger partial charge < -0.3 is 5.32 Å². The molecule has 104 valence electrons. The number of aryl methyl sites for hydroxylation is 1. The summed E-state index contributed by atoms with van der Waals surface area (Å²) in [6.07, 6.45) is 1.02. The summed E-state index contributed by atoms with van der Waals surface area (Å²) in [7, 11) is 2.02. The molecular weight excluding hydrogens is 234 g/mol. The zero-order valence-electron chi connectivity index (χ0n) is 12.6. The third-order valence-corrected chi connectivity index (χ3v) is 3.80. The molecule has 19 heavy (non-hydrogen) atoms. The quantitative estimate of drug-likeness (QED) is 0.894. The Balaban J connectivity index is 2.17. The van der Waals surface area contributed by atoms with Crippen molar-refractivity contribution >= 4 is 10.9 Å². The predicted molar refractivity (Wildman–Crippen MR) is 81.3 cm³/mol. The lowest BCUT2D eigenvalue weighted by atomic mass is 9.96. The Morgan fingerprint density at radius 3 is 2.53 bits per heavy atom. The maximum absolute atomic E-state index is 4.68. The van der Waals surface area contributed by atoms with Crippen LogP contribution < -0.4 is 5.32 Å². The molecule has 0 spiro atoms. The summed E-state index contributed by atoms with van der Waals surface area (Å²) in [4.78, 5) is 0. The minimum Gasteiger partial charge on any atom is -0.312 e. The summed E-state index contributed by atoms with van der Waals surface area (Å²) in [5, 5.41) is 9.55. The minimum atomic E-state index is 0.501. The van der Waals surface area contributed by atoms with E-state index >= 15 is 0 Å². The molecule has 3 nitrogen and oxygen atoms in total. The third kappa shape index (κ3) is 3.16. The first-order valence-electron chi connectivity index (χ1n) is 7.15. The van der Waals surface area contributed by atoms with Crippen molar-refractivity contribution in [3.05, 3.63) is 30.0 Å². The highest BCUT2D eigenvalue weighted by molar-refractivity contribution is 5.81. The summed E-state index contributed by atoms with van der Waals surface area (Å²) in [6, 6.07) is 9.49. The molecule has 0 amide bonds. The molecule has 0 bridgehead atoms. The van der Waals surface area contributed by atoms with E-state index in [-0.39, 0.29) is 0 Å². The van der Waals surface area contributed by atoms with Crippen LogP contribution in [0.15, 0.2) is 24.3 Å². The summed E-state index contributed by atoms with van der Waals surface area (Å²) in [5.74, 6) is 0.570. The van der Waals surface area contributed by atoms with Crippen LogP contribution in [-0.2, 0) is 13.5 Å². The highest BCUT2D eigenvalue weighted by Crippen LogP contribution is 2.21. The molecule has 0 aliphatic carbocycles. The van der Waals surface area contributed by atoms with E-state index < -0.39 is 0 Å². The van der Waals surface area contributed by atoms with Crippen LogP contribution in [0.3, 0.4) is 0 Å². The molecule has 0 radical (unpaired) electrons. The summed E-state index contributed by atoms with van der Waals surface area (Å²) < 4.78 is 1.98. The average molecular weight is 259 g/mol. The van der Waals surface area contributed by atoms with Crippen LogP contribution in [0.4, 0.5) is 0 Å². The monoisotopic (exact) mass is 259 g/mol.